The highest BCUT2D eigenvalue weighted by molar-refractivity contribution is 5.43. The standard InChI is InChI=1S/C13H13NO/c14-12-8-4-7-11(9-12)13(15)10-5-2-1-3-6-10/h1-9,13,15H,14H2/t13-/m1/s1. The quantitative estimate of drug-likeness (QED) is 0.729. The topological polar surface area (TPSA) is 46.2 Å². The smallest absolute Gasteiger partial charge is 0.104 e. The fraction of sp³-hybridized carbons (Fsp3) is 0.0769. The number of nitrogen functional groups attached to an aromatic ring is 1. The molecule has 0 aromatic heterocycles. The number of anilines is 1. The van der Waals surface area contributed by atoms with Crippen molar-refractivity contribution in [3.8, 4) is 0 Å². The molecule has 0 saturated carbocycles. The Balaban J connectivity index is 2.32. The summed E-state index contributed by atoms with van der Waals surface area (Å²) >= 11 is 0. The van der Waals surface area contributed by atoms with E-state index in [9.17, 15) is 5.11 Å². The fourth-order valence-corrected chi connectivity index (χ4v) is 1.56. The molecule has 0 unspecified atom stereocenters. The maximum Gasteiger partial charge on any atom is 0.104 e. The zero-order valence-electron chi connectivity index (χ0n) is 8.30. The largest absolute Gasteiger partial charge is 0.399 e. The Hall–Kier alpha value is -1.80. The molecule has 0 radical (unpaired) electrons. The molecule has 3 N–H and O–H groups in total. The van der Waals surface area contributed by atoms with E-state index in [2.05, 4.69) is 0 Å². The molecular weight excluding hydrogens is 186 g/mol. The van der Waals surface area contributed by atoms with Crippen molar-refractivity contribution in [2.75, 3.05) is 5.73 Å². The summed E-state index contributed by atoms with van der Waals surface area (Å²) in [5, 5.41) is 10.1. The van der Waals surface area contributed by atoms with Gasteiger partial charge in [0.2, 0.25) is 0 Å². The van der Waals surface area contributed by atoms with Gasteiger partial charge in [-0.3, -0.25) is 0 Å². The second kappa shape index (κ2) is 4.15. The van der Waals surface area contributed by atoms with Crippen molar-refractivity contribution >= 4 is 5.69 Å². The zero-order valence-corrected chi connectivity index (χ0v) is 8.30. The van der Waals surface area contributed by atoms with Gasteiger partial charge in [0.15, 0.2) is 0 Å². The molecule has 15 heavy (non-hydrogen) atoms. The highest BCUT2D eigenvalue weighted by Crippen LogP contribution is 2.22. The number of benzene rings is 2. The lowest BCUT2D eigenvalue weighted by Gasteiger charge is -2.11. The van der Waals surface area contributed by atoms with Gasteiger partial charge in [-0.1, -0.05) is 42.5 Å². The molecule has 0 aliphatic rings. The van der Waals surface area contributed by atoms with Crippen molar-refractivity contribution in [1.29, 1.82) is 0 Å². The number of nitrogens with two attached hydrogens (primary N) is 1. The molecule has 2 rings (SSSR count). The second-order valence-electron chi connectivity index (χ2n) is 3.48. The van der Waals surface area contributed by atoms with Crippen LogP contribution in [0.1, 0.15) is 17.2 Å². The van der Waals surface area contributed by atoms with Crippen molar-refractivity contribution in [2.24, 2.45) is 0 Å². The number of rotatable bonds is 2. The molecule has 2 aromatic rings. The molecule has 0 bridgehead atoms. The van der Waals surface area contributed by atoms with Crippen LogP contribution in [0, 0.1) is 0 Å². The molecule has 0 aliphatic carbocycles. The Labute approximate surface area is 89.0 Å². The van der Waals surface area contributed by atoms with Crippen LogP contribution in [-0.4, -0.2) is 5.11 Å². The molecule has 2 aromatic carbocycles. The van der Waals surface area contributed by atoms with Crippen LogP contribution in [-0.2, 0) is 0 Å². The minimum Gasteiger partial charge on any atom is -0.399 e. The van der Waals surface area contributed by atoms with E-state index in [1.807, 2.05) is 42.5 Å². The van der Waals surface area contributed by atoms with E-state index >= 15 is 0 Å². The van der Waals surface area contributed by atoms with Crippen molar-refractivity contribution < 1.29 is 5.11 Å². The average molecular weight is 199 g/mol. The lowest BCUT2D eigenvalue weighted by molar-refractivity contribution is 0.220. The Morgan fingerprint density at radius 2 is 1.53 bits per heavy atom. The monoisotopic (exact) mass is 199 g/mol. The fourth-order valence-electron chi connectivity index (χ4n) is 1.56. The van der Waals surface area contributed by atoms with Crippen LogP contribution in [0.4, 0.5) is 5.69 Å². The van der Waals surface area contributed by atoms with E-state index in [-0.39, 0.29) is 0 Å². The summed E-state index contributed by atoms with van der Waals surface area (Å²) in [5.74, 6) is 0. The molecule has 76 valence electrons. The molecular formula is C13H13NO. The Morgan fingerprint density at radius 3 is 2.20 bits per heavy atom. The summed E-state index contributed by atoms with van der Waals surface area (Å²) in [6, 6.07) is 16.8. The molecule has 0 amide bonds. The number of hydrogen-bond acceptors (Lipinski definition) is 2. The average Bonchev–Trinajstić information content (AvgIpc) is 2.29. The van der Waals surface area contributed by atoms with Crippen molar-refractivity contribution in [1.82, 2.24) is 0 Å². The summed E-state index contributed by atoms with van der Waals surface area (Å²) in [6.07, 6.45) is -0.602. The van der Waals surface area contributed by atoms with Gasteiger partial charge in [0.25, 0.3) is 0 Å². The van der Waals surface area contributed by atoms with Gasteiger partial charge < -0.3 is 10.8 Å². The van der Waals surface area contributed by atoms with Crippen molar-refractivity contribution in [3.63, 3.8) is 0 Å². The predicted molar refractivity (Wildman–Crippen MR) is 61.4 cm³/mol. The van der Waals surface area contributed by atoms with Crippen LogP contribution in [0.25, 0.3) is 0 Å². The number of aliphatic hydroxyl groups excluding tert-OH is 1. The van der Waals surface area contributed by atoms with E-state index in [1.165, 1.54) is 0 Å². The second-order valence-corrected chi connectivity index (χ2v) is 3.48. The lowest BCUT2D eigenvalue weighted by atomic mass is 10.0. The van der Waals surface area contributed by atoms with Crippen LogP contribution >= 0.6 is 0 Å². The number of hydrogen-bond donors (Lipinski definition) is 2. The van der Waals surface area contributed by atoms with Gasteiger partial charge >= 0.3 is 0 Å². The third-order valence-electron chi connectivity index (χ3n) is 2.34. The van der Waals surface area contributed by atoms with Crippen LogP contribution in [0.5, 0.6) is 0 Å². The van der Waals surface area contributed by atoms with Gasteiger partial charge in [0, 0.05) is 5.69 Å². The van der Waals surface area contributed by atoms with E-state index in [1.54, 1.807) is 12.1 Å². The molecule has 0 spiro atoms. The van der Waals surface area contributed by atoms with Crippen LogP contribution in [0.3, 0.4) is 0 Å². The summed E-state index contributed by atoms with van der Waals surface area (Å²) in [5.41, 5.74) is 8.03. The maximum atomic E-state index is 10.1. The van der Waals surface area contributed by atoms with Gasteiger partial charge in [-0.2, -0.15) is 0 Å². The Bertz CT molecular complexity index is 439. The molecule has 0 aliphatic heterocycles. The first-order valence-electron chi connectivity index (χ1n) is 4.86. The van der Waals surface area contributed by atoms with Gasteiger partial charge in [-0.25, -0.2) is 0 Å². The van der Waals surface area contributed by atoms with E-state index in [0.717, 1.165) is 11.1 Å². The summed E-state index contributed by atoms with van der Waals surface area (Å²) in [4.78, 5) is 0. The van der Waals surface area contributed by atoms with Gasteiger partial charge in [0.05, 0.1) is 0 Å². The Kier molecular flexibility index (Phi) is 2.70. The zero-order chi connectivity index (χ0) is 10.7. The Morgan fingerprint density at radius 1 is 0.867 bits per heavy atom. The molecule has 0 fully saturated rings. The molecule has 2 nitrogen and oxygen atoms in total. The highest BCUT2D eigenvalue weighted by atomic mass is 16.3. The highest BCUT2D eigenvalue weighted by Gasteiger charge is 2.09. The van der Waals surface area contributed by atoms with Gasteiger partial charge in [-0.05, 0) is 23.3 Å². The van der Waals surface area contributed by atoms with Crippen LogP contribution in [0.15, 0.2) is 54.6 Å². The van der Waals surface area contributed by atoms with Crippen LogP contribution < -0.4 is 5.73 Å². The normalized spacial score (nSPS) is 12.3. The van der Waals surface area contributed by atoms with E-state index in [0.29, 0.717) is 5.69 Å². The third kappa shape index (κ3) is 2.17. The summed E-state index contributed by atoms with van der Waals surface area (Å²) < 4.78 is 0. The van der Waals surface area contributed by atoms with E-state index in [4.69, 9.17) is 5.73 Å². The summed E-state index contributed by atoms with van der Waals surface area (Å²) in [6.45, 7) is 0. The summed E-state index contributed by atoms with van der Waals surface area (Å²) in [7, 11) is 0. The van der Waals surface area contributed by atoms with E-state index < -0.39 is 6.10 Å². The van der Waals surface area contributed by atoms with Gasteiger partial charge in [0.1, 0.15) is 6.10 Å². The van der Waals surface area contributed by atoms with Gasteiger partial charge in [-0.15, -0.1) is 0 Å². The molecule has 1 atom stereocenters. The first-order valence-corrected chi connectivity index (χ1v) is 4.86. The van der Waals surface area contributed by atoms with Crippen LogP contribution in [0.2, 0.25) is 0 Å². The minimum absolute atomic E-state index is 0.602. The minimum atomic E-state index is -0.602. The number of aliphatic hydroxyl groups is 1. The molecule has 0 heterocycles. The molecule has 2 heteroatoms. The third-order valence-corrected chi connectivity index (χ3v) is 2.34. The predicted octanol–water partition coefficient (Wildman–Crippen LogP) is 2.35. The maximum absolute atomic E-state index is 10.1. The lowest BCUT2D eigenvalue weighted by Crippen LogP contribution is -1.99. The molecule has 0 saturated heterocycles. The van der Waals surface area contributed by atoms with Crippen molar-refractivity contribution in [2.45, 2.75) is 6.10 Å². The first-order chi connectivity index (χ1) is 7.27. The first kappa shape index (κ1) is 9.74. The SMILES string of the molecule is Nc1cccc([C@H](O)c2ccccc2)c1. The van der Waals surface area contributed by atoms with Crippen molar-refractivity contribution in [3.05, 3.63) is 65.7 Å².